The highest BCUT2D eigenvalue weighted by molar-refractivity contribution is 5.89. The molecular formula is C22H34N2O13. The number of nitrogens with one attached hydrogen (secondary N) is 1. The molecule has 0 radical (unpaired) electrons. The lowest BCUT2D eigenvalue weighted by Gasteiger charge is -2.42. The van der Waals surface area contributed by atoms with Crippen molar-refractivity contribution >= 4 is 35.7 Å². The fourth-order valence-corrected chi connectivity index (χ4v) is 3.19. The summed E-state index contributed by atoms with van der Waals surface area (Å²) < 4.78 is 31.2. The Hall–Kier alpha value is -3.30. The van der Waals surface area contributed by atoms with Crippen LogP contribution in [0.2, 0.25) is 0 Å². The molecule has 0 bridgehead atoms. The molecule has 37 heavy (non-hydrogen) atoms. The third-order valence-electron chi connectivity index (χ3n) is 4.48. The highest BCUT2D eigenvalue weighted by Crippen LogP contribution is 2.27. The van der Waals surface area contributed by atoms with Crippen LogP contribution in [-0.2, 0) is 57.2 Å². The van der Waals surface area contributed by atoms with E-state index < -0.39 is 97.7 Å². The van der Waals surface area contributed by atoms with E-state index in [-0.39, 0.29) is 0 Å². The van der Waals surface area contributed by atoms with E-state index in [0.29, 0.717) is 0 Å². The molecule has 1 saturated heterocycles. The van der Waals surface area contributed by atoms with Crippen LogP contribution in [0.4, 0.5) is 0 Å². The van der Waals surface area contributed by atoms with E-state index in [1.165, 1.54) is 0 Å². The number of hydrogen-bond acceptors (Lipinski definition) is 13. The summed E-state index contributed by atoms with van der Waals surface area (Å²) in [5.41, 5.74) is 4.24. The van der Waals surface area contributed by atoms with Gasteiger partial charge in [-0.1, -0.05) is 0 Å². The quantitative estimate of drug-likeness (QED) is 0.197. The van der Waals surface area contributed by atoms with E-state index in [4.69, 9.17) is 34.2 Å². The summed E-state index contributed by atoms with van der Waals surface area (Å²) in [5.74, 6) is -5.02. The molecule has 1 heterocycles. The number of carbonyl (C=O) groups is 6. The number of ether oxygens (including phenoxy) is 6. The largest absolute Gasteiger partial charge is 0.463 e. The number of carbonyl (C=O) groups excluding carboxylic acids is 6. The van der Waals surface area contributed by atoms with E-state index >= 15 is 0 Å². The van der Waals surface area contributed by atoms with Crippen LogP contribution in [0.3, 0.4) is 0 Å². The molecule has 2 amide bonds. The van der Waals surface area contributed by atoms with E-state index in [1.807, 2.05) is 0 Å². The minimum atomic E-state index is -1.75. The minimum absolute atomic E-state index is 0.469. The van der Waals surface area contributed by atoms with Crippen molar-refractivity contribution < 1.29 is 62.3 Å². The average molecular weight is 535 g/mol. The molecule has 4 N–H and O–H groups in total. The lowest BCUT2D eigenvalue weighted by atomic mass is 9.98. The van der Waals surface area contributed by atoms with Crippen LogP contribution in [0.25, 0.3) is 0 Å². The van der Waals surface area contributed by atoms with Gasteiger partial charge in [0.2, 0.25) is 11.8 Å². The molecule has 0 unspecified atom stereocenters. The lowest BCUT2D eigenvalue weighted by molar-refractivity contribution is -0.304. The van der Waals surface area contributed by atoms with Gasteiger partial charge in [-0.15, -0.1) is 0 Å². The Balaban J connectivity index is 3.01. The Morgan fingerprint density at radius 1 is 0.973 bits per heavy atom. The van der Waals surface area contributed by atoms with Crippen molar-refractivity contribution in [3.05, 3.63) is 0 Å². The van der Waals surface area contributed by atoms with E-state index in [9.17, 15) is 33.9 Å². The normalized spacial score (nSPS) is 24.2. The molecule has 0 aromatic heterocycles. The standard InChI is InChI=1S/C22H34N2O13/c1-10(25)32-8-14-18(34-11(2)26)19(35-12(3)27)17(30)21(36-14)33-9-16(29)24-13(7-15(23)28)20(31)37-22(4,5)6/h13-14,17-19,21,30H,7-9H2,1-6H3,(H2,23,28)(H,24,29)/t13-,14+,17+,18+,19+,21-/m0/s1. The summed E-state index contributed by atoms with van der Waals surface area (Å²) in [4.78, 5) is 70.7. The van der Waals surface area contributed by atoms with Gasteiger partial charge >= 0.3 is 23.9 Å². The van der Waals surface area contributed by atoms with Gasteiger partial charge in [0, 0.05) is 20.8 Å². The minimum Gasteiger partial charge on any atom is -0.463 e. The van der Waals surface area contributed by atoms with Crippen molar-refractivity contribution in [1.29, 1.82) is 0 Å². The number of nitrogens with two attached hydrogens (primary N) is 1. The summed E-state index contributed by atoms with van der Waals surface area (Å²) in [6.07, 6.45) is -8.06. The van der Waals surface area contributed by atoms with Crippen LogP contribution in [0.1, 0.15) is 48.0 Å². The summed E-state index contributed by atoms with van der Waals surface area (Å²) in [6.45, 7) is 6.74. The van der Waals surface area contributed by atoms with Gasteiger partial charge in [-0.3, -0.25) is 24.0 Å². The van der Waals surface area contributed by atoms with Crippen molar-refractivity contribution in [3.63, 3.8) is 0 Å². The number of aliphatic hydroxyl groups excluding tert-OH is 1. The predicted molar refractivity (Wildman–Crippen MR) is 120 cm³/mol. The fourth-order valence-electron chi connectivity index (χ4n) is 3.19. The van der Waals surface area contributed by atoms with E-state index in [1.54, 1.807) is 20.8 Å². The van der Waals surface area contributed by atoms with Crippen molar-refractivity contribution in [2.45, 2.75) is 90.3 Å². The zero-order chi connectivity index (χ0) is 28.5. The summed E-state index contributed by atoms with van der Waals surface area (Å²) >= 11 is 0. The summed E-state index contributed by atoms with van der Waals surface area (Å²) in [6, 6.07) is -1.41. The van der Waals surface area contributed by atoms with Crippen molar-refractivity contribution in [2.75, 3.05) is 13.2 Å². The van der Waals surface area contributed by atoms with Crippen LogP contribution in [0.15, 0.2) is 0 Å². The first-order valence-corrected chi connectivity index (χ1v) is 11.2. The molecule has 1 aliphatic heterocycles. The maximum atomic E-state index is 12.5. The van der Waals surface area contributed by atoms with Crippen LogP contribution >= 0.6 is 0 Å². The molecule has 1 aliphatic rings. The molecule has 0 spiro atoms. The first-order valence-electron chi connectivity index (χ1n) is 11.2. The fraction of sp³-hybridized carbons (Fsp3) is 0.727. The highest BCUT2D eigenvalue weighted by atomic mass is 16.7. The monoisotopic (exact) mass is 534 g/mol. The molecule has 15 nitrogen and oxygen atoms in total. The number of rotatable bonds is 11. The zero-order valence-corrected chi connectivity index (χ0v) is 21.5. The SMILES string of the molecule is CC(=O)OC[C@H]1O[C@H](OCC(=O)N[C@@H](CC(N)=O)C(=O)OC(C)(C)C)[C@H](O)[C@@H](OC(C)=O)[C@@H]1OC(C)=O. The Morgan fingerprint density at radius 3 is 2.03 bits per heavy atom. The molecule has 1 fully saturated rings. The summed E-state index contributed by atoms with van der Waals surface area (Å²) in [7, 11) is 0. The highest BCUT2D eigenvalue weighted by Gasteiger charge is 2.50. The van der Waals surface area contributed by atoms with Gasteiger partial charge in [0.25, 0.3) is 0 Å². The second-order valence-electron chi connectivity index (χ2n) is 9.12. The number of primary amides is 1. The van der Waals surface area contributed by atoms with Gasteiger partial charge < -0.3 is 44.6 Å². The molecule has 0 aliphatic carbocycles. The molecule has 15 heteroatoms. The van der Waals surface area contributed by atoms with Crippen molar-refractivity contribution in [2.24, 2.45) is 5.73 Å². The predicted octanol–water partition coefficient (Wildman–Crippen LogP) is -1.78. The van der Waals surface area contributed by atoms with Gasteiger partial charge in [0.05, 0.1) is 6.42 Å². The van der Waals surface area contributed by atoms with Gasteiger partial charge in [0.1, 0.15) is 37.1 Å². The number of esters is 4. The molecule has 210 valence electrons. The maximum absolute atomic E-state index is 12.5. The van der Waals surface area contributed by atoms with Crippen molar-refractivity contribution in [3.8, 4) is 0 Å². The van der Waals surface area contributed by atoms with Crippen LogP contribution < -0.4 is 11.1 Å². The van der Waals surface area contributed by atoms with Crippen molar-refractivity contribution in [1.82, 2.24) is 5.32 Å². The second kappa shape index (κ2) is 13.9. The Bertz CT molecular complexity index is 869. The number of hydrogen-bond donors (Lipinski definition) is 3. The Kier molecular flexibility index (Phi) is 11.9. The van der Waals surface area contributed by atoms with Crippen LogP contribution in [0.5, 0.6) is 0 Å². The van der Waals surface area contributed by atoms with Gasteiger partial charge in [-0.2, -0.15) is 0 Å². The van der Waals surface area contributed by atoms with E-state index in [0.717, 1.165) is 20.8 Å². The topological polar surface area (TPSA) is 216 Å². The molecule has 1 rings (SSSR count). The molecule has 0 aromatic carbocycles. The van der Waals surface area contributed by atoms with Gasteiger partial charge in [-0.25, -0.2) is 4.79 Å². The maximum Gasteiger partial charge on any atom is 0.329 e. The lowest BCUT2D eigenvalue weighted by Crippen LogP contribution is -2.62. The third-order valence-corrected chi connectivity index (χ3v) is 4.48. The molecular weight excluding hydrogens is 500 g/mol. The van der Waals surface area contributed by atoms with Gasteiger partial charge in [0.15, 0.2) is 18.5 Å². The van der Waals surface area contributed by atoms with E-state index in [2.05, 4.69) is 5.32 Å². The zero-order valence-electron chi connectivity index (χ0n) is 21.5. The molecule has 6 atom stereocenters. The number of aliphatic hydroxyl groups is 1. The summed E-state index contributed by atoms with van der Waals surface area (Å²) in [5, 5.41) is 12.9. The van der Waals surface area contributed by atoms with Crippen LogP contribution in [-0.4, -0.2) is 96.4 Å². The Labute approximate surface area is 213 Å². The second-order valence-corrected chi connectivity index (χ2v) is 9.12. The molecule has 0 aromatic rings. The first-order chi connectivity index (χ1) is 17.0. The average Bonchev–Trinajstić information content (AvgIpc) is 2.72. The smallest absolute Gasteiger partial charge is 0.329 e. The number of amides is 2. The third kappa shape index (κ3) is 11.5. The molecule has 0 saturated carbocycles. The first kappa shape index (κ1) is 31.7. The van der Waals surface area contributed by atoms with Gasteiger partial charge in [-0.05, 0) is 20.8 Å². The van der Waals surface area contributed by atoms with Crippen LogP contribution in [0, 0.1) is 0 Å². The Morgan fingerprint density at radius 2 is 1.54 bits per heavy atom.